The summed E-state index contributed by atoms with van der Waals surface area (Å²) in [7, 11) is 1.58. The van der Waals surface area contributed by atoms with Gasteiger partial charge in [0.1, 0.15) is 12.1 Å². The van der Waals surface area contributed by atoms with Crippen molar-refractivity contribution in [3.05, 3.63) is 88.4 Å². The van der Waals surface area contributed by atoms with Crippen molar-refractivity contribution in [1.82, 2.24) is 15.2 Å². The Labute approximate surface area is 182 Å². The number of aryl methyl sites for hydroxylation is 2. The molecule has 0 saturated heterocycles. The first-order valence-electron chi connectivity index (χ1n) is 10.2. The number of halogens is 1. The number of nitrogens with zero attached hydrogens (tertiary/aromatic N) is 2. The minimum Gasteiger partial charge on any atom is -0.447 e. The Morgan fingerprint density at radius 2 is 1.90 bits per heavy atom. The van der Waals surface area contributed by atoms with Crippen LogP contribution in [0.25, 0.3) is 0 Å². The molecule has 0 aliphatic rings. The van der Waals surface area contributed by atoms with Crippen LogP contribution in [0, 0.1) is 19.7 Å². The molecule has 3 rings (SSSR count). The molecule has 1 heterocycles. The van der Waals surface area contributed by atoms with Crippen LogP contribution in [0.1, 0.15) is 38.6 Å². The minimum absolute atomic E-state index is 0.236. The summed E-state index contributed by atoms with van der Waals surface area (Å²) < 4.78 is 23.8. The second kappa shape index (κ2) is 10.8. The Bertz CT molecular complexity index is 1000. The van der Waals surface area contributed by atoms with Crippen LogP contribution in [0.15, 0.2) is 53.1 Å². The first kappa shape index (κ1) is 22.7. The van der Waals surface area contributed by atoms with Gasteiger partial charge in [0.2, 0.25) is 5.89 Å². The van der Waals surface area contributed by atoms with Gasteiger partial charge in [0.15, 0.2) is 5.69 Å². The lowest BCUT2D eigenvalue weighted by Crippen LogP contribution is -2.27. The van der Waals surface area contributed by atoms with E-state index in [0.717, 1.165) is 5.56 Å². The molecule has 0 atom stereocenters. The van der Waals surface area contributed by atoms with Crippen LogP contribution in [-0.4, -0.2) is 36.1 Å². The number of aromatic nitrogens is 1. The predicted octanol–water partition coefficient (Wildman–Crippen LogP) is 4.01. The molecular formula is C24H28FN3O3. The number of hydrogen-bond donors (Lipinski definition) is 1. The third-order valence-electron chi connectivity index (χ3n) is 4.95. The highest BCUT2D eigenvalue weighted by molar-refractivity contribution is 5.91. The summed E-state index contributed by atoms with van der Waals surface area (Å²) in [5.74, 6) is -0.114. The summed E-state index contributed by atoms with van der Waals surface area (Å²) in [5, 5.41) is 2.73. The molecule has 2 aromatic carbocycles. The number of hydrogen-bond acceptors (Lipinski definition) is 5. The lowest BCUT2D eigenvalue weighted by molar-refractivity contribution is 0.0932. The zero-order valence-electron chi connectivity index (χ0n) is 18.2. The first-order chi connectivity index (χ1) is 14.9. The zero-order valence-corrected chi connectivity index (χ0v) is 18.2. The van der Waals surface area contributed by atoms with Gasteiger partial charge in [0.25, 0.3) is 5.91 Å². The van der Waals surface area contributed by atoms with E-state index in [9.17, 15) is 9.18 Å². The van der Waals surface area contributed by atoms with Crippen LogP contribution in [0.4, 0.5) is 4.39 Å². The number of methoxy groups -OCH3 is 1. The zero-order chi connectivity index (χ0) is 22.2. The molecule has 1 N–H and O–H groups in total. The van der Waals surface area contributed by atoms with Gasteiger partial charge in [-0.15, -0.1) is 0 Å². The summed E-state index contributed by atoms with van der Waals surface area (Å²) in [6.07, 6.45) is 1.37. The van der Waals surface area contributed by atoms with E-state index in [4.69, 9.17) is 9.15 Å². The van der Waals surface area contributed by atoms with Crippen molar-refractivity contribution in [3.63, 3.8) is 0 Å². The molecule has 0 radical (unpaired) electrons. The van der Waals surface area contributed by atoms with Crippen LogP contribution in [0.3, 0.4) is 0 Å². The molecule has 6 nitrogen and oxygen atoms in total. The number of amides is 1. The van der Waals surface area contributed by atoms with E-state index >= 15 is 0 Å². The molecule has 7 heteroatoms. The van der Waals surface area contributed by atoms with E-state index in [1.807, 2.05) is 0 Å². The summed E-state index contributed by atoms with van der Waals surface area (Å²) in [4.78, 5) is 18.7. The van der Waals surface area contributed by atoms with E-state index < -0.39 is 0 Å². The van der Waals surface area contributed by atoms with Crippen molar-refractivity contribution in [3.8, 4) is 0 Å². The average Bonchev–Trinajstić information content (AvgIpc) is 3.20. The molecule has 164 valence electrons. The monoisotopic (exact) mass is 425 g/mol. The van der Waals surface area contributed by atoms with Gasteiger partial charge in [-0.2, -0.15) is 0 Å². The molecule has 0 aliphatic carbocycles. The quantitative estimate of drug-likeness (QED) is 0.497. The largest absolute Gasteiger partial charge is 0.447 e. The fourth-order valence-corrected chi connectivity index (χ4v) is 3.32. The van der Waals surface area contributed by atoms with Crippen LogP contribution < -0.4 is 5.32 Å². The lowest BCUT2D eigenvalue weighted by Gasteiger charge is -2.22. The smallest absolute Gasteiger partial charge is 0.273 e. The van der Waals surface area contributed by atoms with Crippen molar-refractivity contribution >= 4 is 5.91 Å². The standard InChI is InChI=1S/C24H28FN3O3/c1-17-4-7-20(18(2)12-17)14-28(13-19-5-8-21(25)9-6-19)15-23-27-22(16-31-23)24(29)26-10-11-30-3/h4-9,12,16H,10-11,13-15H2,1-3H3,(H,26,29). The van der Waals surface area contributed by atoms with E-state index in [-0.39, 0.29) is 17.4 Å². The SMILES string of the molecule is COCCNC(=O)c1coc(CN(Cc2ccc(F)cc2)Cc2ccc(C)cc2C)n1. The fraction of sp³-hybridized carbons (Fsp3) is 0.333. The van der Waals surface area contributed by atoms with Gasteiger partial charge in [-0.1, -0.05) is 35.9 Å². The van der Waals surface area contributed by atoms with Crippen LogP contribution in [0.2, 0.25) is 0 Å². The molecule has 0 unspecified atom stereocenters. The third-order valence-corrected chi connectivity index (χ3v) is 4.95. The van der Waals surface area contributed by atoms with Gasteiger partial charge in [0, 0.05) is 26.7 Å². The normalized spacial score (nSPS) is 11.1. The van der Waals surface area contributed by atoms with Gasteiger partial charge < -0.3 is 14.5 Å². The Hall–Kier alpha value is -3.03. The van der Waals surface area contributed by atoms with Gasteiger partial charge in [0.05, 0.1) is 13.2 Å². The molecule has 0 bridgehead atoms. The molecule has 1 aromatic heterocycles. The Kier molecular flexibility index (Phi) is 7.92. The molecule has 3 aromatic rings. The fourth-order valence-electron chi connectivity index (χ4n) is 3.32. The number of carbonyl (C=O) groups excluding carboxylic acids is 1. The highest BCUT2D eigenvalue weighted by atomic mass is 19.1. The topological polar surface area (TPSA) is 67.6 Å². The minimum atomic E-state index is -0.300. The maximum Gasteiger partial charge on any atom is 0.273 e. The Morgan fingerprint density at radius 3 is 2.61 bits per heavy atom. The van der Waals surface area contributed by atoms with Crippen molar-refractivity contribution in [2.45, 2.75) is 33.5 Å². The van der Waals surface area contributed by atoms with E-state index in [0.29, 0.717) is 38.7 Å². The summed E-state index contributed by atoms with van der Waals surface area (Å²) in [5.41, 5.74) is 4.82. The molecule has 0 saturated carbocycles. The number of nitrogens with one attached hydrogen (secondary N) is 1. The molecule has 0 spiro atoms. The Morgan fingerprint density at radius 1 is 1.13 bits per heavy atom. The van der Waals surface area contributed by atoms with E-state index in [1.54, 1.807) is 19.2 Å². The highest BCUT2D eigenvalue weighted by Crippen LogP contribution is 2.18. The number of carbonyl (C=O) groups is 1. The van der Waals surface area contributed by atoms with Gasteiger partial charge in [-0.25, -0.2) is 9.37 Å². The number of benzene rings is 2. The van der Waals surface area contributed by atoms with Gasteiger partial charge in [-0.05, 0) is 42.7 Å². The van der Waals surface area contributed by atoms with Crippen LogP contribution in [-0.2, 0) is 24.4 Å². The third kappa shape index (κ3) is 6.73. The maximum atomic E-state index is 13.3. The van der Waals surface area contributed by atoms with Crippen LogP contribution in [0.5, 0.6) is 0 Å². The Balaban J connectivity index is 1.74. The summed E-state index contributed by atoms with van der Waals surface area (Å²) >= 11 is 0. The van der Waals surface area contributed by atoms with Crippen molar-refractivity contribution < 1.29 is 18.3 Å². The van der Waals surface area contributed by atoms with Crippen molar-refractivity contribution in [2.24, 2.45) is 0 Å². The molecule has 0 aliphatic heterocycles. The summed E-state index contributed by atoms with van der Waals surface area (Å²) in [6.45, 7) is 6.66. The van der Waals surface area contributed by atoms with Crippen molar-refractivity contribution in [2.75, 3.05) is 20.3 Å². The summed E-state index contributed by atoms with van der Waals surface area (Å²) in [6, 6.07) is 12.8. The number of rotatable bonds is 10. The first-order valence-corrected chi connectivity index (χ1v) is 10.2. The molecule has 1 amide bonds. The lowest BCUT2D eigenvalue weighted by atomic mass is 10.0. The average molecular weight is 426 g/mol. The molecular weight excluding hydrogens is 397 g/mol. The van der Waals surface area contributed by atoms with Gasteiger partial charge in [-0.3, -0.25) is 9.69 Å². The molecule has 0 fully saturated rings. The number of ether oxygens (including phenoxy) is 1. The van der Waals surface area contributed by atoms with Crippen molar-refractivity contribution in [1.29, 1.82) is 0 Å². The second-order valence-electron chi connectivity index (χ2n) is 7.58. The highest BCUT2D eigenvalue weighted by Gasteiger charge is 2.16. The van der Waals surface area contributed by atoms with Gasteiger partial charge >= 0.3 is 0 Å². The van der Waals surface area contributed by atoms with Crippen LogP contribution >= 0.6 is 0 Å². The predicted molar refractivity (Wildman–Crippen MR) is 116 cm³/mol. The number of oxazole rings is 1. The van der Waals surface area contributed by atoms with E-state index in [2.05, 4.69) is 47.2 Å². The second-order valence-corrected chi connectivity index (χ2v) is 7.58. The van der Waals surface area contributed by atoms with E-state index in [1.165, 1.54) is 35.1 Å². The molecule has 31 heavy (non-hydrogen) atoms. The maximum absolute atomic E-state index is 13.3.